The summed E-state index contributed by atoms with van der Waals surface area (Å²) in [6.45, 7) is 4.32. The Bertz CT molecular complexity index is 486. The van der Waals surface area contributed by atoms with Crippen LogP contribution in [0.1, 0.15) is 31.2 Å². The van der Waals surface area contributed by atoms with Gasteiger partial charge < -0.3 is 9.67 Å². The summed E-state index contributed by atoms with van der Waals surface area (Å²) in [4.78, 5) is 4.39. The Morgan fingerprint density at radius 3 is 2.73 bits per heavy atom. The highest BCUT2D eigenvalue weighted by molar-refractivity contribution is 5.77. The minimum atomic E-state index is -0.0117. The third-order valence-corrected chi connectivity index (χ3v) is 2.81. The Balaban J connectivity index is 2.63. The summed E-state index contributed by atoms with van der Waals surface area (Å²) in [5, 5.41) is 9.11. The van der Waals surface area contributed by atoms with E-state index >= 15 is 0 Å². The summed E-state index contributed by atoms with van der Waals surface area (Å²) in [5.41, 5.74) is 3.32. The number of nitrogens with zero attached hydrogens (tertiary/aromatic N) is 2. The first-order valence-corrected chi connectivity index (χ1v) is 5.19. The normalized spacial score (nSPS) is 11.5. The second-order valence-corrected chi connectivity index (χ2v) is 4.15. The molecule has 0 spiro atoms. The highest BCUT2D eigenvalue weighted by Gasteiger charge is 2.08. The summed E-state index contributed by atoms with van der Waals surface area (Å²) in [6, 6.07) is 6.28. The number of fused-ring (bicyclic) bond motifs is 1. The number of aromatic nitrogens is 2. The Kier molecular flexibility index (Phi) is 2.49. The zero-order valence-electron chi connectivity index (χ0n) is 9.36. The molecule has 1 N–H and O–H groups in total. The molecule has 3 heteroatoms. The number of hydrogen-bond acceptors (Lipinski definition) is 2. The number of aliphatic hydroxyl groups excluding tert-OH is 1. The molecule has 0 unspecified atom stereocenters. The fourth-order valence-electron chi connectivity index (χ4n) is 1.77. The van der Waals surface area contributed by atoms with Crippen LogP contribution in [0.4, 0.5) is 0 Å². The molecule has 0 fully saturated rings. The average Bonchev–Trinajstić information content (AvgIpc) is 2.55. The molecule has 0 aliphatic carbocycles. The van der Waals surface area contributed by atoms with Crippen LogP contribution in [0.5, 0.6) is 0 Å². The van der Waals surface area contributed by atoms with Gasteiger partial charge >= 0.3 is 0 Å². The van der Waals surface area contributed by atoms with Crippen LogP contribution < -0.4 is 0 Å². The van der Waals surface area contributed by atoms with Crippen LogP contribution in [0.3, 0.4) is 0 Å². The molecule has 1 heterocycles. The lowest BCUT2D eigenvalue weighted by Crippen LogP contribution is -1.96. The Morgan fingerprint density at radius 2 is 2.13 bits per heavy atom. The minimum Gasteiger partial charge on any atom is -0.388 e. The fraction of sp³-hybridized carbons (Fsp3) is 0.417. The van der Waals surface area contributed by atoms with Gasteiger partial charge in [0.25, 0.3) is 0 Å². The van der Waals surface area contributed by atoms with Crippen LogP contribution in [-0.4, -0.2) is 14.7 Å². The van der Waals surface area contributed by atoms with E-state index in [9.17, 15) is 0 Å². The number of hydrogen-bond donors (Lipinski definition) is 1. The number of rotatable bonds is 2. The maximum absolute atomic E-state index is 9.11. The molecule has 0 radical (unpaired) electrons. The van der Waals surface area contributed by atoms with Gasteiger partial charge in [-0.3, -0.25) is 0 Å². The summed E-state index contributed by atoms with van der Waals surface area (Å²) in [5.74, 6) is 1.22. The van der Waals surface area contributed by atoms with Crippen LogP contribution in [-0.2, 0) is 13.7 Å². The van der Waals surface area contributed by atoms with Crippen molar-refractivity contribution in [1.29, 1.82) is 0 Å². The van der Waals surface area contributed by atoms with Crippen molar-refractivity contribution in [3.63, 3.8) is 0 Å². The molecule has 0 bridgehead atoms. The minimum absolute atomic E-state index is 0.0117. The zero-order chi connectivity index (χ0) is 11.0. The first-order chi connectivity index (χ1) is 7.13. The van der Waals surface area contributed by atoms with Crippen LogP contribution in [0.15, 0.2) is 18.2 Å². The van der Waals surface area contributed by atoms with Crippen molar-refractivity contribution in [2.75, 3.05) is 0 Å². The number of aryl methyl sites for hydroxylation is 1. The van der Waals surface area contributed by atoms with Crippen molar-refractivity contribution in [2.24, 2.45) is 7.05 Å². The molecule has 0 aliphatic heterocycles. The summed E-state index contributed by atoms with van der Waals surface area (Å²) < 4.78 is 1.93. The van der Waals surface area contributed by atoms with Crippen LogP contribution >= 0.6 is 0 Å². The van der Waals surface area contributed by atoms with Crippen LogP contribution in [0, 0.1) is 0 Å². The molecule has 2 aromatic rings. The first kappa shape index (κ1) is 10.2. The molecule has 15 heavy (non-hydrogen) atoms. The third-order valence-electron chi connectivity index (χ3n) is 2.81. The lowest BCUT2D eigenvalue weighted by atomic mass is 10.0. The molecule has 0 saturated heterocycles. The van der Waals surface area contributed by atoms with Gasteiger partial charge in [-0.15, -0.1) is 0 Å². The molecule has 3 nitrogen and oxygen atoms in total. The van der Waals surface area contributed by atoms with Gasteiger partial charge in [0.2, 0.25) is 0 Å². The van der Waals surface area contributed by atoms with E-state index in [0.717, 1.165) is 11.0 Å². The van der Waals surface area contributed by atoms with E-state index in [1.54, 1.807) is 0 Å². The standard InChI is InChI=1S/C12H16N2O/c1-8(2)9-4-5-11-10(6-9)13-12(7-15)14(11)3/h4-6,8,15H,7H2,1-3H3. The fourth-order valence-corrected chi connectivity index (χ4v) is 1.77. The molecule has 0 amide bonds. The van der Waals surface area contributed by atoms with E-state index < -0.39 is 0 Å². The first-order valence-electron chi connectivity index (χ1n) is 5.19. The number of benzene rings is 1. The smallest absolute Gasteiger partial charge is 0.135 e. The van der Waals surface area contributed by atoms with Gasteiger partial charge in [-0.25, -0.2) is 4.98 Å². The van der Waals surface area contributed by atoms with E-state index in [4.69, 9.17) is 5.11 Å². The Labute approximate surface area is 89.4 Å². The van der Waals surface area contributed by atoms with Crippen LogP contribution in [0.25, 0.3) is 11.0 Å². The van der Waals surface area contributed by atoms with Gasteiger partial charge in [0, 0.05) is 7.05 Å². The van der Waals surface area contributed by atoms with Crippen molar-refractivity contribution in [3.05, 3.63) is 29.6 Å². The third kappa shape index (κ3) is 1.63. The molecule has 0 saturated carbocycles. The van der Waals surface area contributed by atoms with Gasteiger partial charge in [0.15, 0.2) is 0 Å². The molecular weight excluding hydrogens is 188 g/mol. The highest BCUT2D eigenvalue weighted by atomic mass is 16.3. The number of aliphatic hydroxyl groups is 1. The largest absolute Gasteiger partial charge is 0.388 e. The summed E-state index contributed by atoms with van der Waals surface area (Å²) in [7, 11) is 1.93. The SMILES string of the molecule is CC(C)c1ccc2c(c1)nc(CO)n2C. The second kappa shape index (κ2) is 3.66. The highest BCUT2D eigenvalue weighted by Crippen LogP contribution is 2.21. The van der Waals surface area contributed by atoms with Crippen molar-refractivity contribution in [3.8, 4) is 0 Å². The quantitative estimate of drug-likeness (QED) is 0.814. The lowest BCUT2D eigenvalue weighted by Gasteiger charge is -2.04. The van der Waals surface area contributed by atoms with Crippen molar-refractivity contribution in [2.45, 2.75) is 26.4 Å². The topological polar surface area (TPSA) is 38.1 Å². The van der Waals surface area contributed by atoms with Gasteiger partial charge in [-0.05, 0) is 23.6 Å². The van der Waals surface area contributed by atoms with Crippen molar-refractivity contribution in [1.82, 2.24) is 9.55 Å². The van der Waals surface area contributed by atoms with Gasteiger partial charge in [-0.1, -0.05) is 19.9 Å². The van der Waals surface area contributed by atoms with Gasteiger partial charge in [0.05, 0.1) is 11.0 Å². The maximum atomic E-state index is 9.11. The Morgan fingerprint density at radius 1 is 1.40 bits per heavy atom. The zero-order valence-corrected chi connectivity index (χ0v) is 9.36. The van der Waals surface area contributed by atoms with Gasteiger partial charge in [0.1, 0.15) is 12.4 Å². The van der Waals surface area contributed by atoms with E-state index in [0.29, 0.717) is 11.7 Å². The second-order valence-electron chi connectivity index (χ2n) is 4.15. The summed E-state index contributed by atoms with van der Waals surface area (Å²) in [6.07, 6.45) is 0. The van der Waals surface area contributed by atoms with Crippen LogP contribution in [0.2, 0.25) is 0 Å². The molecular formula is C12H16N2O. The maximum Gasteiger partial charge on any atom is 0.135 e. The van der Waals surface area contributed by atoms with E-state index in [2.05, 4.69) is 37.0 Å². The van der Waals surface area contributed by atoms with E-state index in [1.165, 1.54) is 5.56 Å². The monoisotopic (exact) mass is 204 g/mol. The molecule has 1 aromatic carbocycles. The average molecular weight is 204 g/mol. The van der Waals surface area contributed by atoms with Crippen molar-refractivity contribution >= 4 is 11.0 Å². The lowest BCUT2D eigenvalue weighted by molar-refractivity contribution is 0.268. The molecule has 2 rings (SSSR count). The molecule has 80 valence electrons. The molecule has 0 atom stereocenters. The van der Waals surface area contributed by atoms with E-state index in [1.807, 2.05) is 11.6 Å². The predicted molar refractivity (Wildman–Crippen MR) is 60.7 cm³/mol. The van der Waals surface area contributed by atoms with Gasteiger partial charge in [-0.2, -0.15) is 0 Å². The summed E-state index contributed by atoms with van der Waals surface area (Å²) >= 11 is 0. The molecule has 1 aromatic heterocycles. The predicted octanol–water partition coefficient (Wildman–Crippen LogP) is 2.19. The Hall–Kier alpha value is -1.35. The van der Waals surface area contributed by atoms with Crippen molar-refractivity contribution < 1.29 is 5.11 Å². The van der Waals surface area contributed by atoms with E-state index in [-0.39, 0.29) is 6.61 Å². The number of imidazole rings is 1. The molecule has 0 aliphatic rings.